The molecule has 1 aliphatic carbocycles. The summed E-state index contributed by atoms with van der Waals surface area (Å²) in [5.74, 6) is 0.292. The van der Waals surface area contributed by atoms with E-state index in [1.807, 2.05) is 0 Å². The molecule has 1 aliphatic rings. The minimum atomic E-state index is -2.47. The standard InChI is InChI=1S/C11H18ClF2NO2/c12-9-2-1-8(5-9)6-15-11(16)3-4-17-7-10(13)14/h8-10H,1-7H2,(H,15,16). The van der Waals surface area contributed by atoms with Gasteiger partial charge in [0.05, 0.1) is 6.61 Å². The Balaban J connectivity index is 1.98. The molecular weight excluding hydrogens is 252 g/mol. The highest BCUT2D eigenvalue weighted by Crippen LogP contribution is 2.28. The Labute approximate surface area is 105 Å². The van der Waals surface area contributed by atoms with Crippen LogP contribution >= 0.6 is 11.6 Å². The molecule has 17 heavy (non-hydrogen) atoms. The number of hydrogen-bond donors (Lipinski definition) is 1. The van der Waals surface area contributed by atoms with Crippen LogP contribution < -0.4 is 5.32 Å². The van der Waals surface area contributed by atoms with Crippen molar-refractivity contribution >= 4 is 17.5 Å². The Morgan fingerprint density at radius 2 is 2.24 bits per heavy atom. The molecule has 2 unspecified atom stereocenters. The number of hydrogen-bond acceptors (Lipinski definition) is 2. The molecule has 0 saturated heterocycles. The molecule has 1 rings (SSSR count). The van der Waals surface area contributed by atoms with E-state index >= 15 is 0 Å². The van der Waals surface area contributed by atoms with E-state index in [0.717, 1.165) is 19.3 Å². The van der Waals surface area contributed by atoms with E-state index in [1.165, 1.54) is 0 Å². The van der Waals surface area contributed by atoms with Gasteiger partial charge in [0.25, 0.3) is 6.43 Å². The monoisotopic (exact) mass is 269 g/mol. The average Bonchev–Trinajstić information content (AvgIpc) is 2.67. The molecule has 0 bridgehead atoms. The van der Waals surface area contributed by atoms with E-state index in [4.69, 9.17) is 11.6 Å². The van der Waals surface area contributed by atoms with Crippen molar-refractivity contribution in [2.75, 3.05) is 19.8 Å². The van der Waals surface area contributed by atoms with Gasteiger partial charge < -0.3 is 10.1 Å². The predicted octanol–water partition coefficient (Wildman–Crippen LogP) is 2.18. The summed E-state index contributed by atoms with van der Waals surface area (Å²) in [7, 11) is 0. The number of carbonyl (C=O) groups excluding carboxylic acids is 1. The normalized spacial score (nSPS) is 24.2. The van der Waals surface area contributed by atoms with Crippen molar-refractivity contribution in [3.63, 3.8) is 0 Å². The number of rotatable bonds is 7. The maximum absolute atomic E-state index is 11.7. The molecule has 1 fully saturated rings. The van der Waals surface area contributed by atoms with Crippen LogP contribution in [0.15, 0.2) is 0 Å². The molecule has 3 nitrogen and oxygen atoms in total. The Kier molecular flexibility index (Phi) is 6.73. The fourth-order valence-electron chi connectivity index (χ4n) is 1.88. The number of halogens is 3. The number of alkyl halides is 3. The Morgan fingerprint density at radius 3 is 2.82 bits per heavy atom. The molecule has 6 heteroatoms. The van der Waals surface area contributed by atoms with Crippen molar-refractivity contribution in [2.24, 2.45) is 5.92 Å². The number of amides is 1. The summed E-state index contributed by atoms with van der Waals surface area (Å²) in [5.41, 5.74) is 0. The molecule has 1 N–H and O–H groups in total. The highest BCUT2D eigenvalue weighted by Gasteiger charge is 2.22. The van der Waals surface area contributed by atoms with Crippen LogP contribution in [0.1, 0.15) is 25.7 Å². The van der Waals surface area contributed by atoms with Gasteiger partial charge in [-0.3, -0.25) is 4.79 Å². The van der Waals surface area contributed by atoms with Gasteiger partial charge in [0, 0.05) is 18.3 Å². The van der Waals surface area contributed by atoms with Crippen LogP contribution in [-0.4, -0.2) is 37.5 Å². The van der Waals surface area contributed by atoms with E-state index in [1.54, 1.807) is 0 Å². The number of carbonyl (C=O) groups is 1. The topological polar surface area (TPSA) is 38.3 Å². The van der Waals surface area contributed by atoms with E-state index < -0.39 is 13.0 Å². The first kappa shape index (κ1) is 14.6. The first-order valence-electron chi connectivity index (χ1n) is 5.84. The molecule has 1 amide bonds. The zero-order chi connectivity index (χ0) is 12.7. The lowest BCUT2D eigenvalue weighted by molar-refractivity contribution is -0.122. The van der Waals surface area contributed by atoms with Crippen LogP contribution in [-0.2, 0) is 9.53 Å². The van der Waals surface area contributed by atoms with Crippen molar-refractivity contribution in [1.29, 1.82) is 0 Å². The quantitative estimate of drug-likeness (QED) is 0.568. The third kappa shape index (κ3) is 6.78. The Bertz CT molecular complexity index is 242. The first-order valence-corrected chi connectivity index (χ1v) is 6.28. The summed E-state index contributed by atoms with van der Waals surface area (Å²) < 4.78 is 28.0. The average molecular weight is 270 g/mol. The van der Waals surface area contributed by atoms with E-state index in [0.29, 0.717) is 12.5 Å². The van der Waals surface area contributed by atoms with Crippen molar-refractivity contribution in [1.82, 2.24) is 5.32 Å². The molecule has 0 radical (unpaired) electrons. The van der Waals surface area contributed by atoms with Gasteiger partial charge in [-0.1, -0.05) is 0 Å². The zero-order valence-corrected chi connectivity index (χ0v) is 10.4. The van der Waals surface area contributed by atoms with Crippen LogP contribution in [0.5, 0.6) is 0 Å². The van der Waals surface area contributed by atoms with Crippen molar-refractivity contribution in [3.05, 3.63) is 0 Å². The first-order chi connectivity index (χ1) is 8.08. The Morgan fingerprint density at radius 1 is 1.47 bits per heavy atom. The van der Waals surface area contributed by atoms with Crippen LogP contribution in [0.25, 0.3) is 0 Å². The SMILES string of the molecule is O=C(CCOCC(F)F)NCC1CCC(Cl)C1. The molecule has 2 atom stereocenters. The van der Waals surface area contributed by atoms with E-state index in [-0.39, 0.29) is 24.3 Å². The maximum Gasteiger partial charge on any atom is 0.261 e. The summed E-state index contributed by atoms with van der Waals surface area (Å²) in [6.07, 6.45) is 0.626. The molecule has 100 valence electrons. The molecule has 0 aromatic carbocycles. The fourth-order valence-corrected chi connectivity index (χ4v) is 2.26. The predicted molar refractivity (Wildman–Crippen MR) is 61.4 cm³/mol. The summed E-state index contributed by atoms with van der Waals surface area (Å²) in [6, 6.07) is 0. The molecule has 0 aromatic heterocycles. The lowest BCUT2D eigenvalue weighted by Crippen LogP contribution is -2.29. The van der Waals surface area contributed by atoms with Gasteiger partial charge in [-0.25, -0.2) is 8.78 Å². The molecule has 0 heterocycles. The van der Waals surface area contributed by atoms with Crippen LogP contribution in [0.2, 0.25) is 0 Å². The lowest BCUT2D eigenvalue weighted by atomic mass is 10.1. The maximum atomic E-state index is 11.7. The Hall–Kier alpha value is -0.420. The third-order valence-corrected chi connectivity index (χ3v) is 3.18. The largest absolute Gasteiger partial charge is 0.375 e. The van der Waals surface area contributed by atoms with Crippen molar-refractivity contribution < 1.29 is 18.3 Å². The third-order valence-electron chi connectivity index (χ3n) is 2.78. The van der Waals surface area contributed by atoms with Crippen molar-refractivity contribution in [2.45, 2.75) is 37.5 Å². The van der Waals surface area contributed by atoms with Crippen LogP contribution in [0, 0.1) is 5.92 Å². The highest BCUT2D eigenvalue weighted by molar-refractivity contribution is 6.20. The van der Waals surface area contributed by atoms with Gasteiger partial charge in [0.2, 0.25) is 5.91 Å². The summed E-state index contributed by atoms with van der Waals surface area (Å²) in [4.78, 5) is 11.3. The van der Waals surface area contributed by atoms with Gasteiger partial charge >= 0.3 is 0 Å². The molecule has 0 spiro atoms. The van der Waals surface area contributed by atoms with Gasteiger partial charge in [-0.2, -0.15) is 0 Å². The van der Waals surface area contributed by atoms with Gasteiger partial charge in [-0.05, 0) is 25.2 Å². The molecular formula is C11H18ClF2NO2. The van der Waals surface area contributed by atoms with Gasteiger partial charge in [0.1, 0.15) is 6.61 Å². The number of nitrogens with one attached hydrogen (secondary N) is 1. The van der Waals surface area contributed by atoms with E-state index in [2.05, 4.69) is 10.1 Å². The minimum absolute atomic E-state index is 0.0406. The van der Waals surface area contributed by atoms with Crippen molar-refractivity contribution in [3.8, 4) is 0 Å². The second-order valence-electron chi connectivity index (χ2n) is 4.30. The lowest BCUT2D eigenvalue weighted by Gasteiger charge is -2.10. The summed E-state index contributed by atoms with van der Waals surface area (Å²) in [6.45, 7) is 0.0553. The van der Waals surface area contributed by atoms with Crippen LogP contribution in [0.3, 0.4) is 0 Å². The molecule has 1 saturated carbocycles. The number of ether oxygens (including phenoxy) is 1. The van der Waals surface area contributed by atoms with Gasteiger partial charge in [-0.15, -0.1) is 11.6 Å². The van der Waals surface area contributed by atoms with Gasteiger partial charge in [0.15, 0.2) is 0 Å². The second-order valence-corrected chi connectivity index (χ2v) is 4.91. The zero-order valence-electron chi connectivity index (χ0n) is 9.63. The summed E-state index contributed by atoms with van der Waals surface area (Å²) >= 11 is 5.95. The van der Waals surface area contributed by atoms with Crippen LogP contribution in [0.4, 0.5) is 8.78 Å². The summed E-state index contributed by atoms with van der Waals surface area (Å²) in [5, 5.41) is 3.00. The second kappa shape index (κ2) is 7.82. The minimum Gasteiger partial charge on any atom is -0.375 e. The highest BCUT2D eigenvalue weighted by atomic mass is 35.5. The molecule has 0 aliphatic heterocycles. The smallest absolute Gasteiger partial charge is 0.261 e. The molecule has 0 aromatic rings. The fraction of sp³-hybridized carbons (Fsp3) is 0.909. The van der Waals surface area contributed by atoms with E-state index in [9.17, 15) is 13.6 Å².